The standard InChI is InChI=1S/C17H16O/c1-12(2)17(18)16-11-7-10-15(13(16)3)14-8-5-4-6-9-14/h4-11H,1H2,2-3H3. The van der Waals surface area contributed by atoms with Gasteiger partial charge >= 0.3 is 0 Å². The van der Waals surface area contributed by atoms with Crippen LogP contribution in [0.1, 0.15) is 22.8 Å². The zero-order valence-electron chi connectivity index (χ0n) is 10.7. The van der Waals surface area contributed by atoms with E-state index in [0.717, 1.165) is 22.3 Å². The molecular formula is C17H16O. The molecule has 0 fully saturated rings. The Hall–Kier alpha value is -2.15. The van der Waals surface area contributed by atoms with Gasteiger partial charge in [-0.1, -0.05) is 55.1 Å². The van der Waals surface area contributed by atoms with Crippen LogP contribution in [0.4, 0.5) is 0 Å². The molecule has 0 heterocycles. The largest absolute Gasteiger partial charge is 0.289 e. The van der Waals surface area contributed by atoms with E-state index in [0.29, 0.717) is 5.57 Å². The highest BCUT2D eigenvalue weighted by Gasteiger charge is 2.12. The van der Waals surface area contributed by atoms with Crippen molar-refractivity contribution in [1.82, 2.24) is 0 Å². The van der Waals surface area contributed by atoms with Gasteiger partial charge < -0.3 is 0 Å². The van der Waals surface area contributed by atoms with Crippen molar-refractivity contribution in [2.24, 2.45) is 0 Å². The summed E-state index contributed by atoms with van der Waals surface area (Å²) in [4.78, 5) is 12.0. The molecule has 0 saturated heterocycles. The second kappa shape index (κ2) is 5.01. The van der Waals surface area contributed by atoms with Gasteiger partial charge in [0.25, 0.3) is 0 Å². The van der Waals surface area contributed by atoms with Gasteiger partial charge in [0.2, 0.25) is 0 Å². The second-order valence-corrected chi connectivity index (χ2v) is 4.45. The van der Waals surface area contributed by atoms with Gasteiger partial charge in [-0.05, 0) is 36.1 Å². The van der Waals surface area contributed by atoms with Crippen LogP contribution in [0, 0.1) is 6.92 Å². The summed E-state index contributed by atoms with van der Waals surface area (Å²) in [6.07, 6.45) is 0. The molecular weight excluding hydrogens is 220 g/mol. The summed E-state index contributed by atoms with van der Waals surface area (Å²) in [6.45, 7) is 7.46. The van der Waals surface area contributed by atoms with Crippen LogP contribution in [0.25, 0.3) is 11.1 Å². The summed E-state index contributed by atoms with van der Waals surface area (Å²) in [6, 6.07) is 15.9. The van der Waals surface area contributed by atoms with Crippen molar-refractivity contribution in [1.29, 1.82) is 0 Å². The molecule has 0 atom stereocenters. The fraction of sp³-hybridized carbons (Fsp3) is 0.118. The van der Waals surface area contributed by atoms with E-state index < -0.39 is 0 Å². The van der Waals surface area contributed by atoms with Gasteiger partial charge in [0, 0.05) is 5.56 Å². The molecule has 0 saturated carbocycles. The van der Waals surface area contributed by atoms with Crippen LogP contribution in [-0.4, -0.2) is 5.78 Å². The van der Waals surface area contributed by atoms with Gasteiger partial charge in [0.15, 0.2) is 5.78 Å². The molecule has 1 nitrogen and oxygen atoms in total. The third-order valence-electron chi connectivity index (χ3n) is 3.05. The summed E-state index contributed by atoms with van der Waals surface area (Å²) in [7, 11) is 0. The minimum atomic E-state index is 0.0188. The van der Waals surface area contributed by atoms with Crippen molar-refractivity contribution >= 4 is 5.78 Å². The molecule has 2 aromatic carbocycles. The molecule has 0 radical (unpaired) electrons. The predicted octanol–water partition coefficient (Wildman–Crippen LogP) is 4.42. The molecule has 0 amide bonds. The maximum atomic E-state index is 12.0. The van der Waals surface area contributed by atoms with Crippen LogP contribution in [-0.2, 0) is 0 Å². The summed E-state index contributed by atoms with van der Waals surface area (Å²) < 4.78 is 0. The number of hydrogen-bond acceptors (Lipinski definition) is 1. The van der Waals surface area contributed by atoms with Crippen LogP contribution < -0.4 is 0 Å². The van der Waals surface area contributed by atoms with Crippen molar-refractivity contribution in [2.75, 3.05) is 0 Å². The van der Waals surface area contributed by atoms with E-state index in [1.807, 2.05) is 43.3 Å². The number of hydrogen-bond donors (Lipinski definition) is 0. The maximum Gasteiger partial charge on any atom is 0.188 e. The first-order valence-corrected chi connectivity index (χ1v) is 5.96. The smallest absolute Gasteiger partial charge is 0.188 e. The lowest BCUT2D eigenvalue weighted by molar-refractivity contribution is 0.103. The summed E-state index contributed by atoms with van der Waals surface area (Å²) in [5.41, 5.74) is 4.55. The number of ketones is 1. The molecule has 0 bridgehead atoms. The van der Waals surface area contributed by atoms with E-state index >= 15 is 0 Å². The van der Waals surface area contributed by atoms with E-state index in [-0.39, 0.29) is 5.78 Å². The topological polar surface area (TPSA) is 17.1 Å². The third kappa shape index (κ3) is 2.25. The zero-order chi connectivity index (χ0) is 13.1. The van der Waals surface area contributed by atoms with E-state index in [9.17, 15) is 4.79 Å². The van der Waals surface area contributed by atoms with Crippen molar-refractivity contribution in [3.05, 3.63) is 71.8 Å². The monoisotopic (exact) mass is 236 g/mol. The number of carbonyl (C=O) groups is 1. The Kier molecular flexibility index (Phi) is 3.42. The SMILES string of the molecule is C=C(C)C(=O)c1cccc(-c2ccccc2)c1C. The Balaban J connectivity index is 2.56. The lowest BCUT2D eigenvalue weighted by atomic mass is 9.93. The zero-order valence-corrected chi connectivity index (χ0v) is 10.7. The molecule has 0 aromatic heterocycles. The van der Waals surface area contributed by atoms with Crippen molar-refractivity contribution < 1.29 is 4.79 Å². The van der Waals surface area contributed by atoms with E-state index in [4.69, 9.17) is 0 Å². The lowest BCUT2D eigenvalue weighted by Crippen LogP contribution is -2.03. The fourth-order valence-electron chi connectivity index (χ4n) is 2.04. The highest BCUT2D eigenvalue weighted by molar-refractivity contribution is 6.09. The normalized spacial score (nSPS) is 10.1. The Morgan fingerprint density at radius 2 is 1.67 bits per heavy atom. The van der Waals surface area contributed by atoms with Crippen molar-refractivity contribution in [2.45, 2.75) is 13.8 Å². The Morgan fingerprint density at radius 3 is 2.28 bits per heavy atom. The molecule has 90 valence electrons. The molecule has 0 N–H and O–H groups in total. The maximum absolute atomic E-state index is 12.0. The molecule has 2 rings (SSSR count). The van der Waals surface area contributed by atoms with Gasteiger partial charge in [0.05, 0.1) is 0 Å². The Morgan fingerprint density at radius 1 is 1.00 bits per heavy atom. The van der Waals surface area contributed by atoms with Crippen LogP contribution >= 0.6 is 0 Å². The quantitative estimate of drug-likeness (QED) is 0.569. The van der Waals surface area contributed by atoms with Gasteiger partial charge in [-0.3, -0.25) is 4.79 Å². The van der Waals surface area contributed by atoms with Crippen LogP contribution in [0.15, 0.2) is 60.7 Å². The number of carbonyl (C=O) groups excluding carboxylic acids is 1. The van der Waals surface area contributed by atoms with E-state index in [2.05, 4.69) is 18.7 Å². The number of benzene rings is 2. The second-order valence-electron chi connectivity index (χ2n) is 4.45. The van der Waals surface area contributed by atoms with Crippen molar-refractivity contribution in [3.8, 4) is 11.1 Å². The Bertz CT molecular complexity index is 594. The summed E-state index contributed by atoms with van der Waals surface area (Å²) in [5.74, 6) is 0.0188. The minimum absolute atomic E-state index is 0.0188. The molecule has 0 aliphatic heterocycles. The summed E-state index contributed by atoms with van der Waals surface area (Å²) >= 11 is 0. The first-order valence-electron chi connectivity index (χ1n) is 5.96. The third-order valence-corrected chi connectivity index (χ3v) is 3.05. The van der Waals surface area contributed by atoms with Crippen LogP contribution in [0.2, 0.25) is 0 Å². The first-order chi connectivity index (χ1) is 8.61. The molecule has 0 spiro atoms. The highest BCUT2D eigenvalue weighted by Crippen LogP contribution is 2.26. The summed E-state index contributed by atoms with van der Waals surface area (Å²) in [5, 5.41) is 0. The van der Waals surface area contributed by atoms with Gasteiger partial charge in [-0.2, -0.15) is 0 Å². The Labute approximate surface area is 108 Å². The van der Waals surface area contributed by atoms with E-state index in [1.54, 1.807) is 6.92 Å². The van der Waals surface area contributed by atoms with Gasteiger partial charge in [0.1, 0.15) is 0 Å². The number of Topliss-reactive ketones (excluding diaryl/α,β-unsaturated/α-hetero) is 1. The highest BCUT2D eigenvalue weighted by atomic mass is 16.1. The van der Waals surface area contributed by atoms with Gasteiger partial charge in [-0.25, -0.2) is 0 Å². The predicted molar refractivity (Wildman–Crippen MR) is 75.8 cm³/mol. The number of rotatable bonds is 3. The van der Waals surface area contributed by atoms with Crippen molar-refractivity contribution in [3.63, 3.8) is 0 Å². The molecule has 2 aromatic rings. The molecule has 0 aliphatic carbocycles. The van der Waals surface area contributed by atoms with Crippen LogP contribution in [0.5, 0.6) is 0 Å². The molecule has 1 heteroatoms. The lowest BCUT2D eigenvalue weighted by Gasteiger charge is -2.10. The number of allylic oxidation sites excluding steroid dienone is 1. The minimum Gasteiger partial charge on any atom is -0.289 e. The average molecular weight is 236 g/mol. The average Bonchev–Trinajstić information content (AvgIpc) is 2.39. The molecule has 0 unspecified atom stereocenters. The first kappa shape index (κ1) is 12.3. The molecule has 0 aliphatic rings. The fourth-order valence-corrected chi connectivity index (χ4v) is 2.04. The van der Waals surface area contributed by atoms with E-state index in [1.165, 1.54) is 0 Å². The molecule has 18 heavy (non-hydrogen) atoms. The van der Waals surface area contributed by atoms with Crippen LogP contribution in [0.3, 0.4) is 0 Å². The van der Waals surface area contributed by atoms with Gasteiger partial charge in [-0.15, -0.1) is 0 Å².